The lowest BCUT2D eigenvalue weighted by molar-refractivity contribution is 0.445. The molecular weight excluding hydrogens is 274 g/mol. The first-order chi connectivity index (χ1) is 8.34. The zero-order valence-electron chi connectivity index (χ0n) is 9.82. The van der Waals surface area contributed by atoms with Crippen LogP contribution in [0.25, 0.3) is 10.8 Å². The molecule has 1 aromatic carbocycles. The second-order valence-electron chi connectivity index (χ2n) is 4.93. The van der Waals surface area contributed by atoms with E-state index in [4.69, 9.17) is 0 Å². The Bertz CT molecular complexity index is 529. The minimum Gasteiger partial charge on any atom is -0.264 e. The monoisotopic (exact) mass is 289 g/mol. The molecule has 17 heavy (non-hydrogen) atoms. The van der Waals surface area contributed by atoms with Crippen molar-refractivity contribution in [3.05, 3.63) is 40.6 Å². The zero-order valence-corrected chi connectivity index (χ0v) is 11.4. The Morgan fingerprint density at radius 1 is 1.06 bits per heavy atom. The molecule has 0 unspecified atom stereocenters. The number of halogens is 1. The van der Waals surface area contributed by atoms with E-state index in [9.17, 15) is 0 Å². The van der Waals surface area contributed by atoms with Gasteiger partial charge in [0.25, 0.3) is 0 Å². The van der Waals surface area contributed by atoms with Gasteiger partial charge in [-0.1, -0.05) is 41.3 Å². The predicted molar refractivity (Wildman–Crippen MR) is 75.3 cm³/mol. The second-order valence-corrected chi connectivity index (χ2v) is 5.84. The molecule has 1 nitrogen and oxygen atoms in total. The minimum absolute atomic E-state index is 0.717. The van der Waals surface area contributed by atoms with E-state index in [-0.39, 0.29) is 0 Å². The molecule has 0 radical (unpaired) electrons. The van der Waals surface area contributed by atoms with Crippen LogP contribution in [0.1, 0.15) is 43.6 Å². The maximum atomic E-state index is 4.40. The van der Waals surface area contributed by atoms with Crippen molar-refractivity contribution in [1.29, 1.82) is 0 Å². The first-order valence-electron chi connectivity index (χ1n) is 6.38. The van der Waals surface area contributed by atoms with Gasteiger partial charge in [0.15, 0.2) is 0 Å². The van der Waals surface area contributed by atoms with Crippen LogP contribution in [0, 0.1) is 0 Å². The van der Waals surface area contributed by atoms with Crippen LogP contribution in [-0.2, 0) is 0 Å². The van der Waals surface area contributed by atoms with Crippen molar-refractivity contribution in [2.45, 2.75) is 38.0 Å². The molecule has 88 valence electrons. The van der Waals surface area contributed by atoms with Gasteiger partial charge in [-0.3, -0.25) is 4.98 Å². The molecule has 0 saturated heterocycles. The molecule has 0 aliphatic heterocycles. The van der Waals surface area contributed by atoms with E-state index < -0.39 is 0 Å². The Morgan fingerprint density at radius 2 is 1.88 bits per heavy atom. The van der Waals surface area contributed by atoms with Gasteiger partial charge in [-0.2, -0.15) is 0 Å². The fraction of sp³-hybridized carbons (Fsp3) is 0.400. The Hall–Kier alpha value is -0.890. The van der Waals surface area contributed by atoms with Crippen LogP contribution >= 0.6 is 15.9 Å². The van der Waals surface area contributed by atoms with E-state index in [1.54, 1.807) is 0 Å². The van der Waals surface area contributed by atoms with Crippen molar-refractivity contribution in [3.63, 3.8) is 0 Å². The van der Waals surface area contributed by atoms with Gasteiger partial charge in [0.05, 0.1) is 0 Å². The minimum atomic E-state index is 0.717. The maximum absolute atomic E-state index is 4.40. The fourth-order valence-electron chi connectivity index (χ4n) is 2.90. The van der Waals surface area contributed by atoms with E-state index in [1.165, 1.54) is 48.4 Å². The number of aromatic nitrogens is 1. The lowest BCUT2D eigenvalue weighted by atomic mass is 9.83. The molecule has 1 fully saturated rings. The summed E-state index contributed by atoms with van der Waals surface area (Å²) in [6.45, 7) is 0. The standard InChI is InChI=1S/C15H16BrN/c16-13-7-6-12-9-17-10-15(14(12)8-13)11-4-2-1-3-5-11/h6-11H,1-5H2. The lowest BCUT2D eigenvalue weighted by Crippen LogP contribution is -2.05. The molecule has 1 aromatic heterocycles. The summed E-state index contributed by atoms with van der Waals surface area (Å²) in [5, 5.41) is 2.64. The Morgan fingerprint density at radius 3 is 2.71 bits per heavy atom. The van der Waals surface area contributed by atoms with Crippen LogP contribution < -0.4 is 0 Å². The van der Waals surface area contributed by atoms with Crippen molar-refractivity contribution in [1.82, 2.24) is 4.98 Å². The van der Waals surface area contributed by atoms with Crippen molar-refractivity contribution in [2.75, 3.05) is 0 Å². The maximum Gasteiger partial charge on any atom is 0.0346 e. The van der Waals surface area contributed by atoms with Gasteiger partial charge in [-0.25, -0.2) is 0 Å². The summed E-state index contributed by atoms with van der Waals surface area (Å²) in [5.41, 5.74) is 1.45. The van der Waals surface area contributed by atoms with Crippen LogP contribution in [0.4, 0.5) is 0 Å². The highest BCUT2D eigenvalue weighted by Crippen LogP contribution is 2.36. The molecule has 1 aliphatic carbocycles. The van der Waals surface area contributed by atoms with Crippen molar-refractivity contribution in [3.8, 4) is 0 Å². The van der Waals surface area contributed by atoms with E-state index in [2.05, 4.69) is 45.3 Å². The van der Waals surface area contributed by atoms with Crippen LogP contribution in [0.5, 0.6) is 0 Å². The van der Waals surface area contributed by atoms with E-state index in [1.807, 2.05) is 6.20 Å². The SMILES string of the molecule is Brc1ccc2cncc(C3CCCCC3)c2c1. The fourth-order valence-corrected chi connectivity index (χ4v) is 3.26. The van der Waals surface area contributed by atoms with Gasteiger partial charge in [0.1, 0.15) is 0 Å². The summed E-state index contributed by atoms with van der Waals surface area (Å²) in [6, 6.07) is 6.48. The number of benzene rings is 1. The molecule has 1 saturated carbocycles. The zero-order chi connectivity index (χ0) is 11.7. The highest BCUT2D eigenvalue weighted by atomic mass is 79.9. The Labute approximate surface area is 110 Å². The van der Waals surface area contributed by atoms with E-state index in [0.717, 1.165) is 4.47 Å². The van der Waals surface area contributed by atoms with Gasteiger partial charge >= 0.3 is 0 Å². The molecular formula is C15H16BrN. The molecule has 2 heteroatoms. The molecule has 0 atom stereocenters. The second kappa shape index (κ2) is 4.77. The number of pyridine rings is 1. The van der Waals surface area contributed by atoms with Crippen molar-refractivity contribution in [2.24, 2.45) is 0 Å². The molecule has 0 bridgehead atoms. The van der Waals surface area contributed by atoms with Gasteiger partial charge in [0.2, 0.25) is 0 Å². The number of nitrogens with zero attached hydrogens (tertiary/aromatic N) is 1. The molecule has 0 spiro atoms. The van der Waals surface area contributed by atoms with Crippen LogP contribution in [0.2, 0.25) is 0 Å². The third-order valence-electron chi connectivity index (χ3n) is 3.80. The third-order valence-corrected chi connectivity index (χ3v) is 4.29. The normalized spacial score (nSPS) is 17.5. The molecule has 0 amide bonds. The van der Waals surface area contributed by atoms with E-state index in [0.29, 0.717) is 5.92 Å². The summed E-state index contributed by atoms with van der Waals surface area (Å²) < 4.78 is 1.16. The summed E-state index contributed by atoms with van der Waals surface area (Å²) >= 11 is 3.57. The highest BCUT2D eigenvalue weighted by molar-refractivity contribution is 9.10. The van der Waals surface area contributed by atoms with Gasteiger partial charge in [0, 0.05) is 22.3 Å². The number of fused-ring (bicyclic) bond motifs is 1. The topological polar surface area (TPSA) is 12.9 Å². The smallest absolute Gasteiger partial charge is 0.0346 e. The average Bonchev–Trinajstić information content (AvgIpc) is 2.39. The Kier molecular flexibility index (Phi) is 3.15. The largest absolute Gasteiger partial charge is 0.264 e. The Balaban J connectivity index is 2.11. The first kappa shape index (κ1) is 11.2. The van der Waals surface area contributed by atoms with E-state index >= 15 is 0 Å². The molecule has 0 N–H and O–H groups in total. The van der Waals surface area contributed by atoms with Crippen molar-refractivity contribution < 1.29 is 0 Å². The third kappa shape index (κ3) is 2.23. The molecule has 1 aliphatic rings. The number of hydrogen-bond donors (Lipinski definition) is 0. The number of hydrogen-bond acceptors (Lipinski definition) is 1. The average molecular weight is 290 g/mol. The summed E-state index contributed by atoms with van der Waals surface area (Å²) in [5.74, 6) is 0.717. The van der Waals surface area contributed by atoms with Crippen LogP contribution in [0.15, 0.2) is 35.1 Å². The summed E-state index contributed by atoms with van der Waals surface area (Å²) in [7, 11) is 0. The summed E-state index contributed by atoms with van der Waals surface area (Å²) in [4.78, 5) is 4.40. The van der Waals surface area contributed by atoms with Gasteiger partial charge in [-0.05, 0) is 41.8 Å². The van der Waals surface area contributed by atoms with Crippen LogP contribution in [-0.4, -0.2) is 4.98 Å². The van der Waals surface area contributed by atoms with Crippen LogP contribution in [0.3, 0.4) is 0 Å². The molecule has 1 heterocycles. The van der Waals surface area contributed by atoms with Gasteiger partial charge in [-0.15, -0.1) is 0 Å². The number of rotatable bonds is 1. The lowest BCUT2D eigenvalue weighted by Gasteiger charge is -2.23. The highest BCUT2D eigenvalue weighted by Gasteiger charge is 2.17. The quantitative estimate of drug-likeness (QED) is 0.716. The van der Waals surface area contributed by atoms with Gasteiger partial charge < -0.3 is 0 Å². The first-order valence-corrected chi connectivity index (χ1v) is 7.17. The molecule has 3 rings (SSSR count). The van der Waals surface area contributed by atoms with Crippen molar-refractivity contribution >= 4 is 26.7 Å². The molecule has 2 aromatic rings. The summed E-state index contributed by atoms with van der Waals surface area (Å²) in [6.07, 6.45) is 10.8. The predicted octanol–water partition coefficient (Wildman–Crippen LogP) is 5.05.